The number of hydrazone groups is 1. The van der Waals surface area contributed by atoms with Crippen LogP contribution in [0.3, 0.4) is 0 Å². The number of carbonyl (C=O) groups excluding carboxylic acids is 1. The van der Waals surface area contributed by atoms with Gasteiger partial charge in [-0.3, -0.25) is 15.1 Å². The van der Waals surface area contributed by atoms with E-state index < -0.39 is 21.4 Å². The van der Waals surface area contributed by atoms with Gasteiger partial charge in [-0.15, -0.1) is 30.9 Å². The van der Waals surface area contributed by atoms with Crippen molar-refractivity contribution in [3.63, 3.8) is 0 Å². The second-order valence-electron chi connectivity index (χ2n) is 10.3. The Bertz CT molecular complexity index is 1780. The molecule has 1 unspecified atom stereocenters. The highest BCUT2D eigenvalue weighted by atomic mass is 35.5. The van der Waals surface area contributed by atoms with E-state index in [-0.39, 0.29) is 16.8 Å². The Balaban J connectivity index is 1.24. The Morgan fingerprint density at radius 3 is 2.43 bits per heavy atom. The maximum atomic E-state index is 13.2. The zero-order valence-electron chi connectivity index (χ0n) is 24.4. The molecule has 1 aliphatic heterocycles. The average molecular weight is 709 g/mol. The van der Waals surface area contributed by atoms with E-state index >= 15 is 0 Å². The van der Waals surface area contributed by atoms with Crippen LogP contribution in [-0.2, 0) is 4.79 Å². The van der Waals surface area contributed by atoms with E-state index in [1.807, 2.05) is 39.0 Å². The molecule has 1 saturated heterocycles. The number of aryl methyl sites for hydroxylation is 1. The fourth-order valence-electron chi connectivity index (χ4n) is 4.40. The highest BCUT2D eigenvalue weighted by molar-refractivity contribution is 8.19. The van der Waals surface area contributed by atoms with Crippen LogP contribution in [0.15, 0.2) is 83.2 Å². The third kappa shape index (κ3) is 7.97. The number of hydrogen-bond acceptors (Lipinski definition) is 9. The molecular weight excluding hydrogens is 682 g/mol. The van der Waals surface area contributed by atoms with Gasteiger partial charge < -0.3 is 4.74 Å². The number of halogens is 5. The number of amides is 1. The minimum Gasteiger partial charge on any atom is -0.406 e. The van der Waals surface area contributed by atoms with Gasteiger partial charge in [-0.2, -0.15) is 5.10 Å². The topological polar surface area (TPSA) is 97.0 Å². The van der Waals surface area contributed by atoms with E-state index in [9.17, 15) is 18.0 Å². The fraction of sp³-hybridized carbons (Fsp3) is 0.233. The number of aromatic nitrogens is 3. The summed E-state index contributed by atoms with van der Waals surface area (Å²) in [4.78, 5) is 23.4. The third-order valence-corrected chi connectivity index (χ3v) is 8.46. The van der Waals surface area contributed by atoms with Gasteiger partial charge in [-0.25, -0.2) is 14.7 Å². The van der Waals surface area contributed by atoms with Gasteiger partial charge in [0.15, 0.2) is 16.5 Å². The summed E-state index contributed by atoms with van der Waals surface area (Å²) in [5.74, 6) is -0.292. The van der Waals surface area contributed by atoms with Crippen LogP contribution in [0.5, 0.6) is 5.75 Å². The van der Waals surface area contributed by atoms with Crippen molar-refractivity contribution in [3.8, 4) is 22.8 Å². The van der Waals surface area contributed by atoms with Crippen molar-refractivity contribution in [2.45, 2.75) is 42.2 Å². The van der Waals surface area contributed by atoms with Gasteiger partial charge in [0, 0.05) is 5.56 Å². The maximum Gasteiger partial charge on any atom is 0.573 e. The van der Waals surface area contributed by atoms with Crippen LogP contribution in [-0.4, -0.2) is 47.6 Å². The molecule has 0 aliphatic carbocycles. The molecular formula is C30H26Cl2F3N7O2S2. The molecule has 0 radical (unpaired) electrons. The predicted octanol–water partition coefficient (Wildman–Crippen LogP) is 7.67. The van der Waals surface area contributed by atoms with Crippen molar-refractivity contribution >= 4 is 70.6 Å². The van der Waals surface area contributed by atoms with Gasteiger partial charge in [0.1, 0.15) is 12.1 Å². The molecule has 4 aromatic rings. The Hall–Kier alpha value is -3.72. The molecule has 3 aromatic carbocycles. The van der Waals surface area contributed by atoms with Crippen LogP contribution in [0.4, 0.5) is 18.9 Å². The number of nitrogens with one attached hydrogen (secondary N) is 1. The van der Waals surface area contributed by atoms with E-state index in [0.717, 1.165) is 28.5 Å². The van der Waals surface area contributed by atoms with Crippen LogP contribution in [0.1, 0.15) is 36.5 Å². The van der Waals surface area contributed by atoms with Crippen molar-refractivity contribution in [1.82, 2.24) is 20.2 Å². The van der Waals surface area contributed by atoms with E-state index in [0.29, 0.717) is 22.8 Å². The molecule has 0 bridgehead atoms. The van der Waals surface area contributed by atoms with E-state index in [2.05, 4.69) is 43.0 Å². The lowest BCUT2D eigenvalue weighted by molar-refractivity contribution is -0.274. The molecule has 1 atom stereocenters. The minimum atomic E-state index is -4.77. The highest BCUT2D eigenvalue weighted by Gasteiger charge is 2.50. The largest absolute Gasteiger partial charge is 0.573 e. The molecule has 240 valence electrons. The molecule has 1 amide bonds. The zero-order chi connectivity index (χ0) is 33.2. The maximum absolute atomic E-state index is 13.2. The smallest absolute Gasteiger partial charge is 0.406 e. The predicted molar refractivity (Wildman–Crippen MR) is 179 cm³/mol. The summed E-state index contributed by atoms with van der Waals surface area (Å²) in [5, 5.41) is 8.91. The first kappa shape index (κ1) is 33.6. The summed E-state index contributed by atoms with van der Waals surface area (Å²) >= 11 is 18.1. The average Bonchev–Trinajstić information content (AvgIpc) is 3.55. The number of ether oxygens (including phenoxy) is 1. The number of amidine groups is 1. The number of carbonyl (C=O) groups is 1. The Kier molecular flexibility index (Phi) is 9.92. The first-order valence-electron chi connectivity index (χ1n) is 13.6. The molecule has 46 heavy (non-hydrogen) atoms. The lowest BCUT2D eigenvalue weighted by Crippen LogP contribution is -2.35. The molecule has 1 N–H and O–H groups in total. The van der Waals surface area contributed by atoms with Crippen LogP contribution in [0.25, 0.3) is 17.1 Å². The lowest BCUT2D eigenvalue weighted by atomic mass is 9.99. The number of anilines is 1. The number of nitrogens with zero attached hydrogens (tertiary/aromatic N) is 6. The van der Waals surface area contributed by atoms with Crippen molar-refractivity contribution in [2.24, 2.45) is 10.1 Å². The van der Waals surface area contributed by atoms with Crippen molar-refractivity contribution in [1.29, 1.82) is 0 Å². The Morgan fingerprint density at radius 2 is 1.78 bits per heavy atom. The van der Waals surface area contributed by atoms with Crippen LogP contribution >= 0.6 is 47.6 Å². The molecule has 1 fully saturated rings. The quantitative estimate of drug-likeness (QED) is 0.0610. The summed E-state index contributed by atoms with van der Waals surface area (Å²) in [6.07, 6.45) is -1.74. The fourth-order valence-corrected chi connectivity index (χ4v) is 6.08. The van der Waals surface area contributed by atoms with Gasteiger partial charge in [0.25, 0.3) is 5.91 Å². The molecule has 1 aliphatic rings. The van der Waals surface area contributed by atoms with Crippen LogP contribution in [0.2, 0.25) is 0 Å². The van der Waals surface area contributed by atoms with Gasteiger partial charge in [0.2, 0.25) is 3.67 Å². The number of thiol groups is 1. The number of benzene rings is 3. The van der Waals surface area contributed by atoms with Crippen LogP contribution in [0, 0.1) is 6.92 Å². The van der Waals surface area contributed by atoms with Crippen molar-refractivity contribution in [2.75, 3.05) is 4.90 Å². The number of alkyl halides is 5. The summed E-state index contributed by atoms with van der Waals surface area (Å²) in [6.45, 7) is 6.00. The van der Waals surface area contributed by atoms with E-state index in [4.69, 9.17) is 23.2 Å². The molecule has 0 spiro atoms. The zero-order valence-corrected chi connectivity index (χ0v) is 27.6. The Morgan fingerprint density at radius 1 is 1.09 bits per heavy atom. The van der Waals surface area contributed by atoms with Gasteiger partial charge >= 0.3 is 6.36 Å². The first-order chi connectivity index (χ1) is 21.7. The molecule has 5 rings (SSSR count). The standard InChI is InChI=1S/C30H26Cl2F3N7O2S2/c1-17(2)23-13-4-18(3)14-24(23)42-26(43)29(31,32)46-28(42)38-27(45)39-37-15-19-5-7-20(8-6-19)25-36-16-41(40-25)21-9-11-22(12-10-21)44-30(33,34)35/h4-17,27,39,45H,1-3H3/b37-15+,38-28-. The third-order valence-electron chi connectivity index (χ3n) is 6.54. The first-order valence-corrected chi connectivity index (χ1v) is 15.7. The monoisotopic (exact) mass is 707 g/mol. The second-order valence-corrected chi connectivity index (χ2v) is 13.8. The van der Waals surface area contributed by atoms with Gasteiger partial charge in [-0.05, 0) is 71.6 Å². The van der Waals surface area contributed by atoms with Crippen molar-refractivity contribution < 1.29 is 22.7 Å². The molecule has 9 nitrogen and oxygen atoms in total. The van der Waals surface area contributed by atoms with Gasteiger partial charge in [-0.1, -0.05) is 73.4 Å². The second kappa shape index (κ2) is 13.6. The van der Waals surface area contributed by atoms with Crippen LogP contribution < -0.4 is 15.1 Å². The molecule has 2 heterocycles. The Labute approximate surface area is 282 Å². The molecule has 1 aromatic heterocycles. The summed E-state index contributed by atoms with van der Waals surface area (Å²) in [5.41, 5.74) is 6.53. The number of rotatable bonds is 9. The van der Waals surface area contributed by atoms with E-state index in [1.54, 1.807) is 30.5 Å². The summed E-state index contributed by atoms with van der Waals surface area (Å²) in [6, 6.07) is 18.3. The minimum absolute atomic E-state index is 0.130. The highest BCUT2D eigenvalue weighted by Crippen LogP contribution is 2.47. The number of thioether (sulfide) groups is 1. The summed E-state index contributed by atoms with van der Waals surface area (Å²) < 4.78 is 40.8. The summed E-state index contributed by atoms with van der Waals surface area (Å²) in [7, 11) is 0. The molecule has 16 heteroatoms. The van der Waals surface area contributed by atoms with E-state index in [1.165, 1.54) is 40.2 Å². The molecule has 0 saturated carbocycles. The van der Waals surface area contributed by atoms with Gasteiger partial charge in [0.05, 0.1) is 17.6 Å². The number of aliphatic imine (C=N–C) groups is 1. The van der Waals surface area contributed by atoms with Crippen molar-refractivity contribution in [3.05, 3.63) is 89.7 Å². The SMILES string of the molecule is Cc1ccc(C(C)C)c(N2C(=O)C(Cl)(Cl)S/C2=N\C(S)N/N=C/c2ccc(-c3ncn(-c4ccc(OC(F)(F)F)cc4)n3)cc2)c1. The normalized spacial score (nSPS) is 16.5. The number of hydrogen-bond donors (Lipinski definition) is 2. The lowest BCUT2D eigenvalue weighted by Gasteiger charge is -2.23.